The molecule has 1 fully saturated rings. The highest BCUT2D eigenvalue weighted by Crippen LogP contribution is 2.28. The summed E-state index contributed by atoms with van der Waals surface area (Å²) < 4.78 is 10.8. The molecular weight excluding hydrogens is 322 g/mol. The molecule has 136 valence electrons. The Morgan fingerprint density at radius 2 is 2.08 bits per heavy atom. The normalized spacial score (nSPS) is 18.9. The Morgan fingerprint density at radius 1 is 1.32 bits per heavy atom. The predicted octanol–water partition coefficient (Wildman–Crippen LogP) is 1.10. The average Bonchev–Trinajstić information content (AvgIpc) is 2.62. The van der Waals surface area contributed by atoms with Gasteiger partial charge in [-0.25, -0.2) is 0 Å². The molecule has 1 aromatic rings. The molecule has 0 aromatic heterocycles. The maximum Gasteiger partial charge on any atom is 0.262 e. The van der Waals surface area contributed by atoms with Crippen molar-refractivity contribution in [1.82, 2.24) is 10.2 Å². The van der Waals surface area contributed by atoms with Crippen LogP contribution < -0.4 is 15.4 Å². The fraction of sp³-hybridized carbons (Fsp3) is 0.556. The number of nitrogens with zero attached hydrogens (tertiary/aromatic N) is 1. The molecule has 25 heavy (non-hydrogen) atoms. The summed E-state index contributed by atoms with van der Waals surface area (Å²) in [5.74, 6) is 0.638. The lowest BCUT2D eigenvalue weighted by Crippen LogP contribution is -2.51. The summed E-state index contributed by atoms with van der Waals surface area (Å²) in [6.07, 6.45) is 0. The number of ether oxygens (including phenoxy) is 2. The summed E-state index contributed by atoms with van der Waals surface area (Å²) in [5.41, 5.74) is 1.13. The lowest BCUT2D eigenvalue weighted by Gasteiger charge is -2.36. The first kappa shape index (κ1) is 17.7. The van der Waals surface area contributed by atoms with E-state index in [1.807, 2.05) is 0 Å². The first-order valence-corrected chi connectivity index (χ1v) is 8.71. The van der Waals surface area contributed by atoms with Crippen LogP contribution in [0.3, 0.4) is 0 Å². The molecule has 1 aromatic carbocycles. The van der Waals surface area contributed by atoms with Gasteiger partial charge in [0.1, 0.15) is 5.75 Å². The monoisotopic (exact) mass is 347 g/mol. The number of hydrogen-bond acceptors (Lipinski definition) is 5. The van der Waals surface area contributed by atoms with Gasteiger partial charge in [0.05, 0.1) is 18.9 Å². The van der Waals surface area contributed by atoms with Crippen molar-refractivity contribution >= 4 is 17.5 Å². The topological polar surface area (TPSA) is 79.9 Å². The molecule has 1 atom stereocenters. The van der Waals surface area contributed by atoms with Crippen LogP contribution in [0.15, 0.2) is 18.2 Å². The van der Waals surface area contributed by atoms with E-state index in [1.54, 1.807) is 18.2 Å². The number of nitrogens with one attached hydrogen (secondary N) is 2. The summed E-state index contributed by atoms with van der Waals surface area (Å²) in [4.78, 5) is 26.2. The van der Waals surface area contributed by atoms with Gasteiger partial charge in [0.15, 0.2) is 6.61 Å². The SMILES string of the molecule is CC(C)C(CNC(=O)c1ccc2c(c1)OCC(=O)N2)N1CCOCC1. The van der Waals surface area contributed by atoms with Crippen molar-refractivity contribution in [2.75, 3.05) is 44.8 Å². The van der Waals surface area contributed by atoms with E-state index in [4.69, 9.17) is 9.47 Å². The minimum atomic E-state index is -0.185. The smallest absolute Gasteiger partial charge is 0.262 e. The van der Waals surface area contributed by atoms with Gasteiger partial charge in [-0.05, 0) is 24.1 Å². The maximum atomic E-state index is 12.5. The van der Waals surface area contributed by atoms with Gasteiger partial charge in [-0.3, -0.25) is 14.5 Å². The molecule has 2 N–H and O–H groups in total. The highest BCUT2D eigenvalue weighted by atomic mass is 16.5. The van der Waals surface area contributed by atoms with Gasteiger partial charge >= 0.3 is 0 Å². The van der Waals surface area contributed by atoms with Crippen molar-refractivity contribution in [3.63, 3.8) is 0 Å². The van der Waals surface area contributed by atoms with E-state index >= 15 is 0 Å². The van der Waals surface area contributed by atoms with E-state index in [0.29, 0.717) is 29.5 Å². The van der Waals surface area contributed by atoms with Crippen LogP contribution in [0.4, 0.5) is 5.69 Å². The first-order chi connectivity index (χ1) is 12.0. The fourth-order valence-corrected chi connectivity index (χ4v) is 3.21. The van der Waals surface area contributed by atoms with Gasteiger partial charge in [-0.2, -0.15) is 0 Å². The number of anilines is 1. The highest BCUT2D eigenvalue weighted by molar-refractivity contribution is 5.98. The van der Waals surface area contributed by atoms with Gasteiger partial charge in [0.2, 0.25) is 0 Å². The summed E-state index contributed by atoms with van der Waals surface area (Å²) in [5, 5.41) is 5.75. The lowest BCUT2D eigenvalue weighted by atomic mass is 10.0. The molecule has 0 saturated carbocycles. The van der Waals surface area contributed by atoms with Crippen LogP contribution in [0.1, 0.15) is 24.2 Å². The number of carbonyl (C=O) groups is 2. The molecule has 1 saturated heterocycles. The fourth-order valence-electron chi connectivity index (χ4n) is 3.21. The molecule has 2 aliphatic rings. The van der Waals surface area contributed by atoms with Crippen molar-refractivity contribution in [3.05, 3.63) is 23.8 Å². The second-order valence-electron chi connectivity index (χ2n) is 6.72. The number of morpholine rings is 1. The Balaban J connectivity index is 1.62. The Bertz CT molecular complexity index is 641. The van der Waals surface area contributed by atoms with Crippen molar-refractivity contribution in [3.8, 4) is 5.75 Å². The maximum absolute atomic E-state index is 12.5. The zero-order valence-electron chi connectivity index (χ0n) is 14.7. The molecule has 0 bridgehead atoms. The standard InChI is InChI=1S/C18H25N3O4/c1-12(2)15(21-5-7-24-8-6-21)10-19-18(23)13-3-4-14-16(9-13)25-11-17(22)20-14/h3-4,9,12,15H,5-8,10-11H2,1-2H3,(H,19,23)(H,20,22). The number of fused-ring (bicyclic) bond motifs is 1. The third kappa shape index (κ3) is 4.29. The molecule has 7 heteroatoms. The van der Waals surface area contributed by atoms with E-state index in [2.05, 4.69) is 29.4 Å². The van der Waals surface area contributed by atoms with E-state index in [1.165, 1.54) is 0 Å². The molecule has 2 heterocycles. The molecule has 7 nitrogen and oxygen atoms in total. The number of hydrogen-bond donors (Lipinski definition) is 2. The molecule has 2 aliphatic heterocycles. The molecule has 0 spiro atoms. The first-order valence-electron chi connectivity index (χ1n) is 8.71. The zero-order valence-corrected chi connectivity index (χ0v) is 14.7. The van der Waals surface area contributed by atoms with Gasteiger partial charge in [0.25, 0.3) is 11.8 Å². The summed E-state index contributed by atoms with van der Waals surface area (Å²) in [7, 11) is 0. The molecule has 0 radical (unpaired) electrons. The Labute approximate surface area is 147 Å². The molecule has 2 amide bonds. The van der Waals surface area contributed by atoms with Gasteiger partial charge in [-0.15, -0.1) is 0 Å². The Hall–Kier alpha value is -2.12. The second kappa shape index (κ2) is 7.84. The second-order valence-corrected chi connectivity index (χ2v) is 6.72. The summed E-state index contributed by atoms with van der Waals surface area (Å²) in [6, 6.07) is 5.34. The van der Waals surface area contributed by atoms with E-state index < -0.39 is 0 Å². The summed E-state index contributed by atoms with van der Waals surface area (Å²) >= 11 is 0. The van der Waals surface area contributed by atoms with Crippen LogP contribution in [0.2, 0.25) is 0 Å². The third-order valence-electron chi connectivity index (χ3n) is 4.63. The third-order valence-corrected chi connectivity index (χ3v) is 4.63. The van der Waals surface area contributed by atoms with Crippen LogP contribution in [0.5, 0.6) is 5.75 Å². The Morgan fingerprint density at radius 3 is 2.80 bits per heavy atom. The van der Waals surface area contributed by atoms with Gasteiger partial charge in [-0.1, -0.05) is 13.8 Å². The van der Waals surface area contributed by atoms with E-state index in [9.17, 15) is 9.59 Å². The number of rotatable bonds is 5. The van der Waals surface area contributed by atoms with Crippen molar-refractivity contribution < 1.29 is 19.1 Å². The molecular formula is C18H25N3O4. The molecule has 0 aliphatic carbocycles. The van der Waals surface area contributed by atoms with Gasteiger partial charge in [0, 0.05) is 31.2 Å². The number of carbonyl (C=O) groups excluding carboxylic acids is 2. The number of amides is 2. The molecule has 1 unspecified atom stereocenters. The van der Waals surface area contributed by atoms with Crippen molar-refractivity contribution in [2.24, 2.45) is 5.92 Å². The number of benzene rings is 1. The highest BCUT2D eigenvalue weighted by Gasteiger charge is 2.25. The quantitative estimate of drug-likeness (QED) is 0.834. The minimum Gasteiger partial charge on any atom is -0.482 e. The van der Waals surface area contributed by atoms with E-state index in [0.717, 1.165) is 26.3 Å². The minimum absolute atomic E-state index is 0.0233. The van der Waals surface area contributed by atoms with Crippen molar-refractivity contribution in [2.45, 2.75) is 19.9 Å². The van der Waals surface area contributed by atoms with E-state index in [-0.39, 0.29) is 24.5 Å². The van der Waals surface area contributed by atoms with Crippen LogP contribution in [0.25, 0.3) is 0 Å². The molecule has 3 rings (SSSR count). The summed E-state index contributed by atoms with van der Waals surface area (Å²) in [6.45, 7) is 8.17. The van der Waals surface area contributed by atoms with Crippen LogP contribution in [-0.4, -0.2) is 62.2 Å². The average molecular weight is 347 g/mol. The predicted molar refractivity (Wildman–Crippen MR) is 93.9 cm³/mol. The Kier molecular flexibility index (Phi) is 5.55. The van der Waals surface area contributed by atoms with Gasteiger partial charge < -0.3 is 20.1 Å². The lowest BCUT2D eigenvalue weighted by molar-refractivity contribution is -0.118. The zero-order chi connectivity index (χ0) is 17.8. The van der Waals surface area contributed by atoms with Crippen molar-refractivity contribution in [1.29, 1.82) is 0 Å². The van der Waals surface area contributed by atoms with Crippen LogP contribution in [-0.2, 0) is 9.53 Å². The van der Waals surface area contributed by atoms with Crippen LogP contribution >= 0.6 is 0 Å². The van der Waals surface area contributed by atoms with Crippen LogP contribution in [0, 0.1) is 5.92 Å². The largest absolute Gasteiger partial charge is 0.482 e.